The van der Waals surface area contributed by atoms with Crippen LogP contribution in [0.25, 0.3) is 0 Å². The predicted octanol–water partition coefficient (Wildman–Crippen LogP) is 5.20. The van der Waals surface area contributed by atoms with E-state index in [1.54, 1.807) is 12.0 Å². The SMILES string of the molecule is CCC[C@@](OC)(c1ccccc1I)N(C(=O)O)C1CCCCC1. The van der Waals surface area contributed by atoms with Crippen molar-refractivity contribution in [3.8, 4) is 0 Å². The molecule has 1 aliphatic carbocycles. The Morgan fingerprint density at radius 1 is 1.35 bits per heavy atom. The van der Waals surface area contributed by atoms with E-state index < -0.39 is 11.8 Å². The van der Waals surface area contributed by atoms with Crippen LogP contribution in [0.15, 0.2) is 24.3 Å². The zero-order valence-electron chi connectivity index (χ0n) is 13.9. The number of benzene rings is 1. The Hall–Kier alpha value is -0.820. The van der Waals surface area contributed by atoms with Crippen LogP contribution in [-0.4, -0.2) is 29.3 Å². The van der Waals surface area contributed by atoms with Gasteiger partial charge in [0.2, 0.25) is 0 Å². The second-order valence-corrected chi connectivity index (χ2v) is 7.32. The quantitative estimate of drug-likeness (QED) is 0.498. The molecule has 1 N–H and O–H groups in total. The van der Waals surface area contributed by atoms with E-state index in [1.807, 2.05) is 24.3 Å². The minimum atomic E-state index is -0.902. The van der Waals surface area contributed by atoms with Crippen LogP contribution in [0.4, 0.5) is 4.79 Å². The van der Waals surface area contributed by atoms with Gasteiger partial charge in [-0.15, -0.1) is 0 Å². The molecule has 0 spiro atoms. The molecule has 0 aliphatic heterocycles. The van der Waals surface area contributed by atoms with Gasteiger partial charge in [0, 0.05) is 22.3 Å². The molecule has 0 radical (unpaired) electrons. The Morgan fingerprint density at radius 2 is 2.00 bits per heavy atom. The summed E-state index contributed by atoms with van der Waals surface area (Å²) in [6.07, 6.45) is 5.85. The molecule has 1 amide bonds. The summed E-state index contributed by atoms with van der Waals surface area (Å²) in [5.41, 5.74) is 0.0540. The fraction of sp³-hybridized carbons (Fsp3) is 0.611. The van der Waals surface area contributed by atoms with E-state index in [0.29, 0.717) is 6.42 Å². The van der Waals surface area contributed by atoms with Crippen molar-refractivity contribution in [1.82, 2.24) is 4.90 Å². The molecule has 1 aromatic carbocycles. The van der Waals surface area contributed by atoms with Gasteiger partial charge in [0.1, 0.15) is 0 Å². The molecule has 128 valence electrons. The van der Waals surface area contributed by atoms with Crippen molar-refractivity contribution < 1.29 is 14.6 Å². The highest BCUT2D eigenvalue weighted by Crippen LogP contribution is 2.41. The zero-order chi connectivity index (χ0) is 16.9. The molecule has 1 aromatic rings. The van der Waals surface area contributed by atoms with Crippen LogP contribution in [0, 0.1) is 3.57 Å². The highest BCUT2D eigenvalue weighted by atomic mass is 127. The summed E-state index contributed by atoms with van der Waals surface area (Å²) in [5.74, 6) is 0. The van der Waals surface area contributed by atoms with Crippen molar-refractivity contribution in [3.63, 3.8) is 0 Å². The van der Waals surface area contributed by atoms with E-state index in [4.69, 9.17) is 4.74 Å². The lowest BCUT2D eigenvalue weighted by molar-refractivity contribution is -0.153. The number of hydrogen-bond donors (Lipinski definition) is 1. The Bertz CT molecular complexity index is 531. The van der Waals surface area contributed by atoms with Crippen LogP contribution in [0.3, 0.4) is 0 Å². The van der Waals surface area contributed by atoms with Crippen molar-refractivity contribution in [3.05, 3.63) is 33.4 Å². The summed E-state index contributed by atoms with van der Waals surface area (Å²) in [4.78, 5) is 13.8. The predicted molar refractivity (Wildman–Crippen MR) is 99.5 cm³/mol. The molecule has 1 fully saturated rings. The molecule has 1 atom stereocenters. The molecule has 2 rings (SSSR count). The van der Waals surface area contributed by atoms with Crippen LogP contribution in [-0.2, 0) is 10.5 Å². The van der Waals surface area contributed by atoms with Crippen LogP contribution in [0.5, 0.6) is 0 Å². The van der Waals surface area contributed by atoms with Crippen LogP contribution >= 0.6 is 22.6 Å². The molecule has 0 bridgehead atoms. The molecule has 0 unspecified atom stereocenters. The van der Waals surface area contributed by atoms with Gasteiger partial charge < -0.3 is 9.84 Å². The second-order valence-electron chi connectivity index (χ2n) is 6.16. The summed E-state index contributed by atoms with van der Waals surface area (Å²) in [6.45, 7) is 2.07. The van der Waals surface area contributed by atoms with Crippen molar-refractivity contribution in [2.75, 3.05) is 7.11 Å². The number of methoxy groups -OCH3 is 1. The number of ether oxygens (including phenoxy) is 1. The molecule has 5 heteroatoms. The van der Waals surface area contributed by atoms with Gasteiger partial charge in [-0.2, -0.15) is 0 Å². The smallest absolute Gasteiger partial charge is 0.410 e. The fourth-order valence-corrected chi connectivity index (χ4v) is 4.57. The normalized spacial score (nSPS) is 18.4. The first kappa shape index (κ1) is 18.5. The van der Waals surface area contributed by atoms with Gasteiger partial charge in [-0.1, -0.05) is 50.8 Å². The van der Waals surface area contributed by atoms with Crippen LogP contribution in [0.2, 0.25) is 0 Å². The third kappa shape index (κ3) is 3.82. The highest BCUT2D eigenvalue weighted by Gasteiger charge is 2.46. The van der Waals surface area contributed by atoms with Gasteiger partial charge in [0.05, 0.1) is 0 Å². The third-order valence-corrected chi connectivity index (χ3v) is 5.70. The number of carboxylic acid groups (broad SMARTS) is 1. The Labute approximate surface area is 152 Å². The number of rotatable bonds is 6. The zero-order valence-corrected chi connectivity index (χ0v) is 16.1. The lowest BCUT2D eigenvalue weighted by Crippen LogP contribution is -2.56. The fourth-order valence-electron chi connectivity index (χ4n) is 3.76. The number of halogens is 1. The monoisotopic (exact) mass is 431 g/mol. The van der Waals surface area contributed by atoms with Gasteiger partial charge in [0.25, 0.3) is 0 Å². The summed E-state index contributed by atoms with van der Waals surface area (Å²) in [7, 11) is 1.64. The number of carbonyl (C=O) groups is 1. The molecule has 0 heterocycles. The summed E-state index contributed by atoms with van der Waals surface area (Å²) >= 11 is 2.28. The Morgan fingerprint density at radius 3 is 2.52 bits per heavy atom. The van der Waals surface area contributed by atoms with E-state index in [0.717, 1.165) is 41.2 Å². The molecule has 0 aromatic heterocycles. The highest BCUT2D eigenvalue weighted by molar-refractivity contribution is 14.1. The first-order valence-electron chi connectivity index (χ1n) is 8.39. The van der Waals surface area contributed by atoms with Crippen LogP contribution in [0.1, 0.15) is 57.4 Å². The number of nitrogens with zero attached hydrogens (tertiary/aromatic N) is 1. The van der Waals surface area contributed by atoms with E-state index in [2.05, 4.69) is 29.5 Å². The summed E-state index contributed by atoms with van der Waals surface area (Å²) in [6, 6.07) is 7.98. The molecule has 0 saturated heterocycles. The lowest BCUT2D eigenvalue weighted by atomic mass is 9.89. The van der Waals surface area contributed by atoms with Crippen LogP contribution < -0.4 is 0 Å². The minimum Gasteiger partial charge on any atom is -0.465 e. The van der Waals surface area contributed by atoms with Crippen molar-refractivity contribution in [1.29, 1.82) is 0 Å². The maximum atomic E-state index is 12.2. The summed E-state index contributed by atoms with van der Waals surface area (Å²) in [5, 5.41) is 10.0. The largest absolute Gasteiger partial charge is 0.465 e. The van der Waals surface area contributed by atoms with E-state index in [9.17, 15) is 9.90 Å². The minimum absolute atomic E-state index is 0.0313. The van der Waals surface area contributed by atoms with Crippen molar-refractivity contribution in [2.24, 2.45) is 0 Å². The topological polar surface area (TPSA) is 49.8 Å². The van der Waals surface area contributed by atoms with E-state index >= 15 is 0 Å². The Kier molecular flexibility index (Phi) is 6.71. The maximum Gasteiger partial charge on any atom is 0.410 e. The van der Waals surface area contributed by atoms with Crippen molar-refractivity contribution >= 4 is 28.7 Å². The van der Waals surface area contributed by atoms with E-state index in [-0.39, 0.29) is 6.04 Å². The molecule has 23 heavy (non-hydrogen) atoms. The summed E-state index contributed by atoms with van der Waals surface area (Å²) < 4.78 is 7.01. The molecule has 4 nitrogen and oxygen atoms in total. The standard InChI is InChI=1S/C18H26INO3/c1-3-13-18(23-2,15-11-7-8-12-16(15)19)20(17(21)22)14-9-5-4-6-10-14/h7-8,11-12,14H,3-6,9-10,13H2,1-2H3,(H,21,22)/t18-/m1/s1. The third-order valence-electron chi connectivity index (χ3n) is 4.76. The Balaban J connectivity index is 2.53. The van der Waals surface area contributed by atoms with Gasteiger partial charge >= 0.3 is 6.09 Å². The van der Waals surface area contributed by atoms with Gasteiger partial charge in [-0.25, -0.2) is 4.79 Å². The first-order valence-corrected chi connectivity index (χ1v) is 9.47. The average Bonchev–Trinajstić information content (AvgIpc) is 2.55. The van der Waals surface area contributed by atoms with Gasteiger partial charge in [-0.05, 0) is 47.9 Å². The van der Waals surface area contributed by atoms with Gasteiger partial charge in [0.15, 0.2) is 5.72 Å². The lowest BCUT2D eigenvalue weighted by Gasteiger charge is -2.47. The molecule has 1 aliphatic rings. The second kappa shape index (κ2) is 8.33. The van der Waals surface area contributed by atoms with Gasteiger partial charge in [-0.3, -0.25) is 4.90 Å². The number of amides is 1. The molecular formula is C18H26INO3. The van der Waals surface area contributed by atoms with Crippen molar-refractivity contribution in [2.45, 2.75) is 63.6 Å². The molecular weight excluding hydrogens is 405 g/mol. The first-order chi connectivity index (χ1) is 11.1. The molecule has 1 saturated carbocycles. The number of hydrogen-bond acceptors (Lipinski definition) is 2. The maximum absolute atomic E-state index is 12.2. The average molecular weight is 431 g/mol. The van der Waals surface area contributed by atoms with E-state index in [1.165, 1.54) is 6.42 Å².